The highest BCUT2D eigenvalue weighted by molar-refractivity contribution is 6.04. The van der Waals surface area contributed by atoms with Gasteiger partial charge in [0.1, 0.15) is 5.75 Å². The largest absolute Gasteiger partial charge is 0.491 e. The fourth-order valence-electron chi connectivity index (χ4n) is 3.96. The third kappa shape index (κ3) is 5.76. The van der Waals surface area contributed by atoms with Crippen molar-refractivity contribution in [1.82, 2.24) is 4.90 Å². The van der Waals surface area contributed by atoms with Crippen LogP contribution in [0.1, 0.15) is 40.1 Å². The highest BCUT2D eigenvalue weighted by Gasteiger charge is 2.22. The average Bonchev–Trinajstić information content (AvgIpc) is 2.85. The minimum absolute atomic E-state index is 0.0847. The molecule has 1 heterocycles. The quantitative estimate of drug-likeness (QED) is 0.566. The molecule has 2 amide bonds. The second kappa shape index (κ2) is 10.4. The van der Waals surface area contributed by atoms with E-state index < -0.39 is 0 Å². The molecule has 0 aromatic heterocycles. The van der Waals surface area contributed by atoms with Gasteiger partial charge in [-0.05, 0) is 81.4 Å². The zero-order chi connectivity index (χ0) is 24.1. The molecule has 6 heteroatoms. The Morgan fingerprint density at radius 2 is 1.38 bits per heavy atom. The van der Waals surface area contributed by atoms with Gasteiger partial charge in [-0.3, -0.25) is 9.59 Å². The van der Waals surface area contributed by atoms with Crippen LogP contribution in [-0.2, 0) is 0 Å². The van der Waals surface area contributed by atoms with Gasteiger partial charge in [0.15, 0.2) is 0 Å². The van der Waals surface area contributed by atoms with Crippen LogP contribution in [0.15, 0.2) is 72.8 Å². The van der Waals surface area contributed by atoms with Gasteiger partial charge >= 0.3 is 0 Å². The van der Waals surface area contributed by atoms with Gasteiger partial charge in [-0.15, -0.1) is 0 Å². The summed E-state index contributed by atoms with van der Waals surface area (Å²) < 4.78 is 5.63. The van der Waals surface area contributed by atoms with Crippen LogP contribution in [0.3, 0.4) is 0 Å². The SMILES string of the molecule is Cc1ccc(C(=O)N2CCN(c3ccc(NC(=O)c4ccc(OC(C)C)cc4)cc3)CC2)cc1. The number of ether oxygens (including phenoxy) is 1. The van der Waals surface area contributed by atoms with Crippen molar-refractivity contribution in [3.05, 3.63) is 89.5 Å². The normalized spacial score (nSPS) is 13.6. The van der Waals surface area contributed by atoms with Gasteiger partial charge in [0.25, 0.3) is 11.8 Å². The lowest BCUT2D eigenvalue weighted by atomic mass is 10.1. The monoisotopic (exact) mass is 457 g/mol. The van der Waals surface area contributed by atoms with Gasteiger partial charge in [0.05, 0.1) is 6.10 Å². The highest BCUT2D eigenvalue weighted by atomic mass is 16.5. The lowest BCUT2D eigenvalue weighted by molar-refractivity contribution is 0.0746. The van der Waals surface area contributed by atoms with E-state index in [4.69, 9.17) is 4.74 Å². The maximum absolute atomic E-state index is 12.7. The Labute approximate surface area is 201 Å². The topological polar surface area (TPSA) is 61.9 Å². The number of nitrogens with one attached hydrogen (secondary N) is 1. The van der Waals surface area contributed by atoms with Crippen molar-refractivity contribution in [3.63, 3.8) is 0 Å². The molecule has 0 bridgehead atoms. The number of hydrogen-bond donors (Lipinski definition) is 1. The molecule has 4 rings (SSSR count). The summed E-state index contributed by atoms with van der Waals surface area (Å²) in [5.41, 5.74) is 4.28. The number of carbonyl (C=O) groups is 2. The molecular weight excluding hydrogens is 426 g/mol. The Morgan fingerprint density at radius 1 is 0.794 bits per heavy atom. The van der Waals surface area contributed by atoms with Crippen LogP contribution >= 0.6 is 0 Å². The van der Waals surface area contributed by atoms with E-state index in [9.17, 15) is 9.59 Å². The standard InChI is InChI=1S/C28H31N3O3/c1-20(2)34-26-14-8-22(9-15-26)27(32)29-24-10-12-25(13-11-24)30-16-18-31(19-17-30)28(33)23-6-4-21(3)5-7-23/h4-15,20H,16-19H2,1-3H3,(H,29,32). The maximum Gasteiger partial charge on any atom is 0.255 e. The fraction of sp³-hybridized carbons (Fsp3) is 0.286. The number of aryl methyl sites for hydroxylation is 1. The fourth-order valence-corrected chi connectivity index (χ4v) is 3.96. The van der Waals surface area contributed by atoms with E-state index in [0.717, 1.165) is 41.3 Å². The molecule has 0 atom stereocenters. The minimum atomic E-state index is -0.160. The van der Waals surface area contributed by atoms with E-state index in [1.54, 1.807) is 24.3 Å². The number of rotatable bonds is 6. The Kier molecular flexibility index (Phi) is 7.16. The molecule has 0 spiro atoms. The summed E-state index contributed by atoms with van der Waals surface area (Å²) in [4.78, 5) is 29.5. The molecule has 1 saturated heterocycles. The zero-order valence-corrected chi connectivity index (χ0v) is 20.0. The summed E-state index contributed by atoms with van der Waals surface area (Å²) in [6.45, 7) is 8.86. The van der Waals surface area contributed by atoms with Gasteiger partial charge in [0, 0.05) is 48.7 Å². The summed E-state index contributed by atoms with van der Waals surface area (Å²) in [7, 11) is 0. The average molecular weight is 458 g/mol. The van der Waals surface area contributed by atoms with Gasteiger partial charge in [0.2, 0.25) is 0 Å². The first-order valence-corrected chi connectivity index (χ1v) is 11.7. The summed E-state index contributed by atoms with van der Waals surface area (Å²) in [6.07, 6.45) is 0.0925. The van der Waals surface area contributed by atoms with Crippen molar-refractivity contribution >= 4 is 23.2 Å². The first-order chi connectivity index (χ1) is 16.4. The Hall–Kier alpha value is -3.80. The molecule has 0 unspecified atom stereocenters. The molecule has 3 aromatic rings. The smallest absolute Gasteiger partial charge is 0.255 e. The minimum Gasteiger partial charge on any atom is -0.491 e. The molecule has 0 radical (unpaired) electrons. The Balaban J connectivity index is 1.30. The Morgan fingerprint density at radius 3 is 1.97 bits per heavy atom. The van der Waals surface area contributed by atoms with Crippen molar-refractivity contribution in [2.24, 2.45) is 0 Å². The lowest BCUT2D eigenvalue weighted by Crippen LogP contribution is -2.48. The van der Waals surface area contributed by atoms with Crippen LogP contribution in [0.4, 0.5) is 11.4 Å². The van der Waals surface area contributed by atoms with E-state index in [2.05, 4.69) is 10.2 Å². The first kappa shape index (κ1) is 23.4. The molecule has 0 aliphatic carbocycles. The number of piperazine rings is 1. The van der Waals surface area contributed by atoms with Crippen LogP contribution in [-0.4, -0.2) is 49.0 Å². The molecule has 1 N–H and O–H groups in total. The van der Waals surface area contributed by atoms with E-state index in [-0.39, 0.29) is 17.9 Å². The van der Waals surface area contributed by atoms with E-state index in [1.165, 1.54) is 0 Å². The highest BCUT2D eigenvalue weighted by Crippen LogP contribution is 2.21. The molecule has 1 fully saturated rings. The van der Waals surface area contributed by atoms with Crippen molar-refractivity contribution < 1.29 is 14.3 Å². The molecule has 3 aromatic carbocycles. The van der Waals surface area contributed by atoms with E-state index in [0.29, 0.717) is 18.7 Å². The Bertz CT molecular complexity index is 1120. The summed E-state index contributed by atoms with van der Waals surface area (Å²) in [6, 6.07) is 22.7. The van der Waals surface area contributed by atoms with Crippen LogP contribution < -0.4 is 15.0 Å². The summed E-state index contributed by atoms with van der Waals surface area (Å²) in [5, 5.41) is 2.94. The number of carbonyl (C=O) groups excluding carboxylic acids is 2. The van der Waals surface area contributed by atoms with Gasteiger partial charge in [-0.25, -0.2) is 0 Å². The van der Waals surface area contributed by atoms with Gasteiger partial charge in [-0.2, -0.15) is 0 Å². The van der Waals surface area contributed by atoms with Crippen LogP contribution in [0.5, 0.6) is 5.75 Å². The number of anilines is 2. The zero-order valence-electron chi connectivity index (χ0n) is 20.0. The summed E-state index contributed by atoms with van der Waals surface area (Å²) >= 11 is 0. The number of amides is 2. The third-order valence-corrected chi connectivity index (χ3v) is 5.84. The van der Waals surface area contributed by atoms with Crippen molar-refractivity contribution in [2.45, 2.75) is 26.9 Å². The van der Waals surface area contributed by atoms with Crippen molar-refractivity contribution in [1.29, 1.82) is 0 Å². The second-order valence-corrected chi connectivity index (χ2v) is 8.84. The summed E-state index contributed by atoms with van der Waals surface area (Å²) in [5.74, 6) is 0.671. The molecule has 0 saturated carbocycles. The third-order valence-electron chi connectivity index (χ3n) is 5.84. The second-order valence-electron chi connectivity index (χ2n) is 8.84. The van der Waals surface area contributed by atoms with E-state index in [1.807, 2.05) is 74.2 Å². The number of hydrogen-bond acceptors (Lipinski definition) is 4. The maximum atomic E-state index is 12.7. The van der Waals surface area contributed by atoms with Crippen LogP contribution in [0.25, 0.3) is 0 Å². The van der Waals surface area contributed by atoms with Crippen LogP contribution in [0.2, 0.25) is 0 Å². The van der Waals surface area contributed by atoms with Crippen molar-refractivity contribution in [3.8, 4) is 5.75 Å². The molecule has 176 valence electrons. The molecule has 6 nitrogen and oxygen atoms in total. The predicted molar refractivity (Wildman–Crippen MR) is 136 cm³/mol. The first-order valence-electron chi connectivity index (χ1n) is 11.7. The van der Waals surface area contributed by atoms with Gasteiger partial charge < -0.3 is 19.9 Å². The molecular formula is C28H31N3O3. The van der Waals surface area contributed by atoms with Crippen molar-refractivity contribution in [2.75, 3.05) is 36.4 Å². The lowest BCUT2D eigenvalue weighted by Gasteiger charge is -2.36. The predicted octanol–water partition coefficient (Wildman–Crippen LogP) is 5.00. The van der Waals surface area contributed by atoms with Crippen LogP contribution in [0, 0.1) is 6.92 Å². The van der Waals surface area contributed by atoms with E-state index >= 15 is 0 Å². The molecule has 34 heavy (non-hydrogen) atoms. The number of benzene rings is 3. The number of nitrogens with zero attached hydrogens (tertiary/aromatic N) is 2. The van der Waals surface area contributed by atoms with Gasteiger partial charge in [-0.1, -0.05) is 17.7 Å². The molecule has 1 aliphatic heterocycles. The molecule has 1 aliphatic rings.